The average molecular weight is 305 g/mol. The number of fused-ring (bicyclic) bond motifs is 1. The Bertz CT molecular complexity index is 633. The first-order valence-corrected chi connectivity index (χ1v) is 8.75. The van der Waals surface area contributed by atoms with Crippen molar-refractivity contribution in [2.24, 2.45) is 0 Å². The number of aliphatic hydroxyl groups is 1. The average Bonchev–Trinajstić information content (AvgIpc) is 2.91. The zero-order valence-electron chi connectivity index (χ0n) is 11.9. The van der Waals surface area contributed by atoms with Gasteiger partial charge in [-0.25, -0.2) is 0 Å². The van der Waals surface area contributed by atoms with Gasteiger partial charge in [-0.3, -0.25) is 4.21 Å². The number of aromatic nitrogens is 1. The summed E-state index contributed by atoms with van der Waals surface area (Å²) in [6.07, 6.45) is 4.27. The van der Waals surface area contributed by atoms with Crippen LogP contribution in [0.2, 0.25) is 0 Å². The highest BCUT2D eigenvalue weighted by Gasteiger charge is 2.20. The van der Waals surface area contributed by atoms with Gasteiger partial charge >= 0.3 is 0 Å². The molecule has 1 heterocycles. The van der Waals surface area contributed by atoms with E-state index in [1.54, 1.807) is 0 Å². The molecule has 0 saturated carbocycles. The Labute approximate surface area is 126 Å². The van der Waals surface area contributed by atoms with Crippen LogP contribution in [0.5, 0.6) is 0 Å². The second-order valence-electron chi connectivity index (χ2n) is 5.44. The molecule has 1 atom stereocenters. The second-order valence-corrected chi connectivity index (χ2v) is 6.90. The molecule has 2 aromatic rings. The molecule has 0 spiro atoms. The van der Waals surface area contributed by atoms with Crippen LogP contribution in [-0.4, -0.2) is 14.5 Å². The molecular formula is C16H19NO3S. The van der Waals surface area contributed by atoms with Crippen molar-refractivity contribution >= 4 is 10.8 Å². The lowest BCUT2D eigenvalue weighted by atomic mass is 9.97. The van der Waals surface area contributed by atoms with Gasteiger partial charge in [0.05, 0.1) is 18.1 Å². The van der Waals surface area contributed by atoms with Gasteiger partial charge in [-0.1, -0.05) is 29.4 Å². The Hall–Kier alpha value is -1.46. The van der Waals surface area contributed by atoms with Gasteiger partial charge in [0.25, 0.3) is 0 Å². The standard InChI is InChI=1S/C16H19NO3S/c18-9-12-5-7-13(8-6-12)10-21(19)11-15-14-3-1-2-4-16(14)20-17-15/h5-8,18H,1-4,9-11H2. The molecule has 0 saturated heterocycles. The van der Waals surface area contributed by atoms with Gasteiger partial charge < -0.3 is 9.63 Å². The maximum Gasteiger partial charge on any atom is 0.140 e. The molecule has 112 valence electrons. The molecule has 1 aromatic heterocycles. The summed E-state index contributed by atoms with van der Waals surface area (Å²) in [4.78, 5) is 0. The van der Waals surface area contributed by atoms with Crippen LogP contribution >= 0.6 is 0 Å². The minimum atomic E-state index is -0.992. The van der Waals surface area contributed by atoms with E-state index in [0.717, 1.165) is 48.3 Å². The molecule has 5 heteroatoms. The number of hydrogen-bond donors (Lipinski definition) is 1. The molecule has 1 N–H and O–H groups in total. The molecule has 0 radical (unpaired) electrons. The minimum Gasteiger partial charge on any atom is -0.392 e. The highest BCUT2D eigenvalue weighted by Crippen LogP contribution is 2.25. The Morgan fingerprint density at radius 1 is 1.10 bits per heavy atom. The summed E-state index contributed by atoms with van der Waals surface area (Å²) in [7, 11) is -0.992. The number of benzene rings is 1. The Balaban J connectivity index is 1.64. The Morgan fingerprint density at radius 3 is 2.57 bits per heavy atom. The highest BCUT2D eigenvalue weighted by molar-refractivity contribution is 7.83. The normalized spacial score (nSPS) is 15.7. The summed E-state index contributed by atoms with van der Waals surface area (Å²) in [5.41, 5.74) is 3.94. The number of rotatable bonds is 5. The molecule has 0 bridgehead atoms. The fraction of sp³-hybridized carbons (Fsp3) is 0.438. The van der Waals surface area contributed by atoms with Crippen LogP contribution in [0.3, 0.4) is 0 Å². The Kier molecular flexibility index (Phi) is 4.51. The fourth-order valence-electron chi connectivity index (χ4n) is 2.69. The summed E-state index contributed by atoms with van der Waals surface area (Å²) < 4.78 is 17.7. The lowest BCUT2D eigenvalue weighted by Crippen LogP contribution is -2.05. The first kappa shape index (κ1) is 14.5. The van der Waals surface area contributed by atoms with Crippen molar-refractivity contribution in [1.82, 2.24) is 5.16 Å². The minimum absolute atomic E-state index is 0.0362. The largest absolute Gasteiger partial charge is 0.392 e. The van der Waals surface area contributed by atoms with Crippen molar-refractivity contribution in [3.05, 3.63) is 52.4 Å². The highest BCUT2D eigenvalue weighted by atomic mass is 32.2. The van der Waals surface area contributed by atoms with Crippen LogP contribution in [0.4, 0.5) is 0 Å². The van der Waals surface area contributed by atoms with E-state index in [1.165, 1.54) is 5.56 Å². The van der Waals surface area contributed by atoms with Crippen molar-refractivity contribution < 1.29 is 13.8 Å². The molecule has 1 aromatic carbocycles. The predicted octanol–water partition coefficient (Wildman–Crippen LogP) is 2.49. The molecule has 0 fully saturated rings. The van der Waals surface area contributed by atoms with Crippen LogP contribution in [-0.2, 0) is 41.8 Å². The summed E-state index contributed by atoms with van der Waals surface area (Å²) in [5, 5.41) is 13.1. The number of hydrogen-bond acceptors (Lipinski definition) is 4. The van der Waals surface area contributed by atoms with E-state index < -0.39 is 10.8 Å². The van der Waals surface area contributed by atoms with Crippen LogP contribution in [0, 0.1) is 0 Å². The molecule has 0 aliphatic heterocycles. The Morgan fingerprint density at radius 2 is 1.81 bits per heavy atom. The SMILES string of the molecule is O=S(Cc1ccc(CO)cc1)Cc1noc2c1CCCC2. The third-order valence-electron chi connectivity index (χ3n) is 3.86. The van der Waals surface area contributed by atoms with Gasteiger partial charge in [0, 0.05) is 28.5 Å². The maximum atomic E-state index is 12.3. The van der Waals surface area contributed by atoms with Crippen LogP contribution in [0.1, 0.15) is 41.0 Å². The van der Waals surface area contributed by atoms with Crippen LogP contribution in [0.25, 0.3) is 0 Å². The smallest absolute Gasteiger partial charge is 0.140 e. The zero-order chi connectivity index (χ0) is 14.7. The maximum absolute atomic E-state index is 12.3. The van der Waals surface area contributed by atoms with Crippen molar-refractivity contribution in [3.63, 3.8) is 0 Å². The number of nitrogens with zero attached hydrogens (tertiary/aromatic N) is 1. The van der Waals surface area contributed by atoms with E-state index in [2.05, 4.69) is 5.16 Å². The molecule has 1 aliphatic carbocycles. The van der Waals surface area contributed by atoms with Gasteiger partial charge in [-0.2, -0.15) is 0 Å². The number of aryl methyl sites for hydroxylation is 1. The third-order valence-corrected chi connectivity index (χ3v) is 5.11. The van der Waals surface area contributed by atoms with Gasteiger partial charge in [0.15, 0.2) is 0 Å². The molecule has 21 heavy (non-hydrogen) atoms. The van der Waals surface area contributed by atoms with Crippen LogP contribution < -0.4 is 0 Å². The van der Waals surface area contributed by atoms with Gasteiger partial charge in [0.2, 0.25) is 0 Å². The molecule has 3 rings (SSSR count). The predicted molar refractivity (Wildman–Crippen MR) is 81.1 cm³/mol. The molecule has 4 nitrogen and oxygen atoms in total. The lowest BCUT2D eigenvalue weighted by molar-refractivity contribution is 0.282. The first-order chi connectivity index (χ1) is 10.3. The van der Waals surface area contributed by atoms with Crippen LogP contribution in [0.15, 0.2) is 28.8 Å². The summed E-state index contributed by atoms with van der Waals surface area (Å²) in [6.45, 7) is 0.0362. The summed E-state index contributed by atoms with van der Waals surface area (Å²) >= 11 is 0. The van der Waals surface area contributed by atoms with E-state index in [1.807, 2.05) is 24.3 Å². The second kappa shape index (κ2) is 6.54. The first-order valence-electron chi connectivity index (χ1n) is 7.26. The monoisotopic (exact) mass is 305 g/mol. The van der Waals surface area contributed by atoms with Crippen molar-refractivity contribution in [2.45, 2.75) is 43.8 Å². The van der Waals surface area contributed by atoms with Gasteiger partial charge in [0.1, 0.15) is 5.76 Å². The zero-order valence-corrected chi connectivity index (χ0v) is 12.7. The van der Waals surface area contributed by atoms with E-state index in [-0.39, 0.29) is 6.61 Å². The topological polar surface area (TPSA) is 63.3 Å². The van der Waals surface area contributed by atoms with E-state index >= 15 is 0 Å². The summed E-state index contributed by atoms with van der Waals surface area (Å²) in [5.74, 6) is 1.95. The molecular weight excluding hydrogens is 286 g/mol. The van der Waals surface area contributed by atoms with E-state index in [4.69, 9.17) is 9.63 Å². The number of aliphatic hydroxyl groups excluding tert-OH is 1. The molecule has 1 aliphatic rings. The van der Waals surface area contributed by atoms with Crippen molar-refractivity contribution in [3.8, 4) is 0 Å². The van der Waals surface area contributed by atoms with E-state index in [9.17, 15) is 4.21 Å². The molecule has 0 amide bonds. The summed E-state index contributed by atoms with van der Waals surface area (Å²) in [6, 6.07) is 7.57. The quantitative estimate of drug-likeness (QED) is 0.922. The van der Waals surface area contributed by atoms with E-state index in [0.29, 0.717) is 11.5 Å². The third kappa shape index (κ3) is 3.41. The van der Waals surface area contributed by atoms with Crippen molar-refractivity contribution in [1.29, 1.82) is 0 Å². The van der Waals surface area contributed by atoms with Crippen molar-refractivity contribution in [2.75, 3.05) is 0 Å². The lowest BCUT2D eigenvalue weighted by Gasteiger charge is -2.09. The molecule has 1 unspecified atom stereocenters. The van der Waals surface area contributed by atoms with Gasteiger partial charge in [-0.05, 0) is 30.4 Å². The fourth-order valence-corrected chi connectivity index (χ4v) is 3.89. The van der Waals surface area contributed by atoms with Gasteiger partial charge in [-0.15, -0.1) is 0 Å².